The van der Waals surface area contributed by atoms with E-state index in [0.717, 1.165) is 34.6 Å². The molecule has 4 aromatic rings. The first kappa shape index (κ1) is 23.9. The first-order valence-electron chi connectivity index (χ1n) is 12.1. The average molecular weight is 484 g/mol. The highest BCUT2D eigenvalue weighted by atomic mass is 16.5. The largest absolute Gasteiger partial charge is 0.463 e. The number of nitrogens with zero attached hydrogens (tertiary/aromatic N) is 4. The molecule has 0 aliphatic heterocycles. The Morgan fingerprint density at radius 3 is 2.86 bits per heavy atom. The zero-order valence-electron chi connectivity index (χ0n) is 20.7. The highest BCUT2D eigenvalue weighted by Crippen LogP contribution is 2.51. The van der Waals surface area contributed by atoms with Crippen molar-refractivity contribution < 1.29 is 9.15 Å². The van der Waals surface area contributed by atoms with E-state index in [2.05, 4.69) is 21.6 Å². The molecule has 8 nitrogen and oxygen atoms in total. The van der Waals surface area contributed by atoms with Crippen LogP contribution in [0.1, 0.15) is 35.4 Å². The molecule has 1 aliphatic rings. The van der Waals surface area contributed by atoms with Crippen LogP contribution >= 0.6 is 0 Å². The fraction of sp³-hybridized carbons (Fsp3) is 0.357. The first-order chi connectivity index (χ1) is 17.5. The summed E-state index contributed by atoms with van der Waals surface area (Å²) in [6.45, 7) is 3.95. The van der Waals surface area contributed by atoms with Gasteiger partial charge in [-0.05, 0) is 54.2 Å². The van der Waals surface area contributed by atoms with Gasteiger partial charge in [0.15, 0.2) is 0 Å². The normalized spacial score (nSPS) is 19.2. The summed E-state index contributed by atoms with van der Waals surface area (Å²) in [5, 5.41) is 21.8. The van der Waals surface area contributed by atoms with Crippen molar-refractivity contribution in [2.75, 3.05) is 20.3 Å². The molecule has 184 valence electrons. The minimum absolute atomic E-state index is 0.0324. The van der Waals surface area contributed by atoms with E-state index in [4.69, 9.17) is 9.15 Å². The lowest BCUT2D eigenvalue weighted by Gasteiger charge is -2.44. The lowest BCUT2D eigenvalue weighted by Crippen LogP contribution is -2.43. The molecule has 0 unspecified atom stereocenters. The van der Waals surface area contributed by atoms with Crippen LogP contribution in [0.25, 0.3) is 22.1 Å². The van der Waals surface area contributed by atoms with Gasteiger partial charge in [0.05, 0.1) is 29.0 Å². The van der Waals surface area contributed by atoms with Crippen molar-refractivity contribution in [1.82, 2.24) is 20.1 Å². The van der Waals surface area contributed by atoms with Crippen LogP contribution in [0.4, 0.5) is 0 Å². The van der Waals surface area contributed by atoms with Gasteiger partial charge in [0.25, 0.3) is 0 Å². The fourth-order valence-corrected chi connectivity index (χ4v) is 5.32. The Morgan fingerprint density at radius 2 is 2.14 bits per heavy atom. The molecule has 0 atom stereocenters. The molecule has 1 aliphatic carbocycles. The molecule has 0 radical (unpaired) electrons. The molecule has 8 heteroatoms. The molecule has 5 rings (SSSR count). The van der Waals surface area contributed by atoms with Crippen LogP contribution < -0.4 is 10.7 Å². The summed E-state index contributed by atoms with van der Waals surface area (Å²) in [5.74, 6) is 0.799. The number of rotatable bonds is 8. The summed E-state index contributed by atoms with van der Waals surface area (Å²) >= 11 is 0. The molecule has 36 heavy (non-hydrogen) atoms. The number of nitriles is 1. The average Bonchev–Trinajstić information content (AvgIpc) is 3.28. The van der Waals surface area contributed by atoms with Gasteiger partial charge in [0, 0.05) is 33.2 Å². The van der Waals surface area contributed by atoms with Crippen molar-refractivity contribution in [2.45, 2.75) is 31.7 Å². The minimum atomic E-state index is -0.406. The van der Waals surface area contributed by atoms with E-state index in [-0.39, 0.29) is 11.3 Å². The van der Waals surface area contributed by atoms with Crippen LogP contribution in [-0.4, -0.2) is 35.0 Å². The van der Waals surface area contributed by atoms with Crippen LogP contribution in [0.2, 0.25) is 0 Å². The van der Waals surface area contributed by atoms with Crippen LogP contribution in [0.3, 0.4) is 0 Å². The summed E-state index contributed by atoms with van der Waals surface area (Å²) in [7, 11) is 3.59. The van der Waals surface area contributed by atoms with Gasteiger partial charge in [-0.3, -0.25) is 4.79 Å². The second-order valence-corrected chi connectivity index (χ2v) is 9.60. The SMILES string of the molecule is COCCNCc1cc(C)c2occ(-c3cccc(C4(c5nncn5C)CC(C#N)C4)c3)c(=O)c2c1. The summed E-state index contributed by atoms with van der Waals surface area (Å²) in [6, 6.07) is 14.3. The number of hydrogen-bond donors (Lipinski definition) is 1. The number of fused-ring (bicyclic) bond motifs is 1. The molecule has 0 saturated heterocycles. The maximum absolute atomic E-state index is 13.7. The highest BCUT2D eigenvalue weighted by molar-refractivity contribution is 5.84. The maximum Gasteiger partial charge on any atom is 0.200 e. The zero-order valence-corrected chi connectivity index (χ0v) is 20.7. The summed E-state index contributed by atoms with van der Waals surface area (Å²) in [5.41, 5.74) is 4.40. The molecule has 0 bridgehead atoms. The molecule has 1 saturated carbocycles. The van der Waals surface area contributed by atoms with Crippen molar-refractivity contribution in [2.24, 2.45) is 13.0 Å². The van der Waals surface area contributed by atoms with Gasteiger partial charge in [-0.25, -0.2) is 0 Å². The van der Waals surface area contributed by atoms with Gasteiger partial charge in [-0.2, -0.15) is 5.26 Å². The van der Waals surface area contributed by atoms with E-state index < -0.39 is 5.41 Å². The number of benzene rings is 2. The predicted molar refractivity (Wildman–Crippen MR) is 136 cm³/mol. The van der Waals surface area contributed by atoms with Crippen molar-refractivity contribution in [3.05, 3.63) is 81.7 Å². The maximum atomic E-state index is 13.7. The van der Waals surface area contributed by atoms with Gasteiger partial charge in [-0.15, -0.1) is 10.2 Å². The third-order valence-corrected chi connectivity index (χ3v) is 7.17. The third kappa shape index (κ3) is 4.11. The van der Waals surface area contributed by atoms with Gasteiger partial charge in [0.1, 0.15) is 24.0 Å². The Labute approximate surface area is 209 Å². The predicted octanol–water partition coefficient (Wildman–Crippen LogP) is 3.85. The lowest BCUT2D eigenvalue weighted by atomic mass is 9.58. The van der Waals surface area contributed by atoms with Gasteiger partial charge >= 0.3 is 0 Å². The smallest absolute Gasteiger partial charge is 0.200 e. The lowest BCUT2D eigenvalue weighted by molar-refractivity contribution is 0.199. The molecule has 0 spiro atoms. The van der Waals surface area contributed by atoms with Crippen molar-refractivity contribution in [1.29, 1.82) is 5.26 Å². The van der Waals surface area contributed by atoms with Crippen LogP contribution in [0.5, 0.6) is 0 Å². The number of ether oxygens (including phenoxy) is 1. The Morgan fingerprint density at radius 1 is 1.31 bits per heavy atom. The standard InChI is InChI=1S/C28H29N5O3/c1-18-9-19(15-30-7-8-35-3)10-23-25(34)24(16-36-26(18)23)21-5-4-6-22(11-21)28(12-20(13-28)14-29)27-32-31-17-33(27)2/h4-6,9-11,16-17,20,30H,7-8,12-13,15H2,1-3H3. The third-order valence-electron chi connectivity index (χ3n) is 7.17. The zero-order chi connectivity index (χ0) is 25.3. The van der Waals surface area contributed by atoms with Gasteiger partial charge < -0.3 is 19.0 Å². The molecule has 2 heterocycles. The van der Waals surface area contributed by atoms with E-state index in [0.29, 0.717) is 42.5 Å². The Bertz CT molecular complexity index is 1510. The summed E-state index contributed by atoms with van der Waals surface area (Å²) < 4.78 is 13.0. The fourth-order valence-electron chi connectivity index (χ4n) is 5.32. The van der Waals surface area contributed by atoms with Gasteiger partial charge in [0.2, 0.25) is 5.43 Å². The van der Waals surface area contributed by atoms with E-state index in [1.54, 1.807) is 19.7 Å². The quantitative estimate of drug-likeness (QED) is 0.379. The summed E-state index contributed by atoms with van der Waals surface area (Å²) in [6.07, 6.45) is 4.58. The number of hydrogen-bond acceptors (Lipinski definition) is 7. The van der Waals surface area contributed by atoms with Crippen LogP contribution in [-0.2, 0) is 23.7 Å². The minimum Gasteiger partial charge on any atom is -0.463 e. The molecule has 1 N–H and O–H groups in total. The first-order valence-corrected chi connectivity index (χ1v) is 12.1. The second kappa shape index (κ2) is 9.69. The molecule has 2 aromatic carbocycles. The monoisotopic (exact) mass is 483 g/mol. The Hall–Kier alpha value is -3.80. The molecule has 1 fully saturated rings. The number of aryl methyl sites for hydroxylation is 2. The van der Waals surface area contributed by atoms with E-state index >= 15 is 0 Å². The van der Waals surface area contributed by atoms with E-state index in [1.807, 2.05) is 54.9 Å². The van der Waals surface area contributed by atoms with Crippen molar-refractivity contribution >= 4 is 11.0 Å². The topological polar surface area (TPSA) is 106 Å². The van der Waals surface area contributed by atoms with E-state index in [9.17, 15) is 10.1 Å². The molecular formula is C28H29N5O3. The van der Waals surface area contributed by atoms with Gasteiger partial charge in [-0.1, -0.05) is 24.3 Å². The number of nitrogens with one attached hydrogen (secondary N) is 1. The van der Waals surface area contributed by atoms with Crippen LogP contribution in [0.15, 0.2) is 58.2 Å². The van der Waals surface area contributed by atoms with Crippen molar-refractivity contribution in [3.63, 3.8) is 0 Å². The Balaban J connectivity index is 1.55. The summed E-state index contributed by atoms with van der Waals surface area (Å²) in [4.78, 5) is 13.7. The number of aromatic nitrogens is 3. The van der Waals surface area contributed by atoms with Crippen LogP contribution in [0, 0.1) is 24.2 Å². The van der Waals surface area contributed by atoms with Crippen molar-refractivity contribution in [3.8, 4) is 17.2 Å². The number of methoxy groups -OCH3 is 1. The molecular weight excluding hydrogens is 454 g/mol. The van der Waals surface area contributed by atoms with E-state index in [1.165, 1.54) is 0 Å². The highest BCUT2D eigenvalue weighted by Gasteiger charge is 2.50. The molecule has 2 aromatic heterocycles. The second-order valence-electron chi connectivity index (χ2n) is 9.60. The molecule has 0 amide bonds. The Kier molecular flexibility index (Phi) is 6.44.